The molecule has 13 heteroatoms. The predicted molar refractivity (Wildman–Crippen MR) is 197 cm³/mol. The fourth-order valence-corrected chi connectivity index (χ4v) is 7.01. The zero-order valence-electron chi connectivity index (χ0n) is 29.4. The summed E-state index contributed by atoms with van der Waals surface area (Å²) in [5.74, 6) is 0.0212. The number of hydrogen-bond acceptors (Lipinski definition) is 8. The first kappa shape index (κ1) is 38.9. The molecular formula is C38H44ClN3O8S. The molecule has 272 valence electrons. The van der Waals surface area contributed by atoms with Crippen molar-refractivity contribution in [1.29, 1.82) is 0 Å². The molecule has 4 aromatic carbocycles. The highest BCUT2D eigenvalue weighted by Crippen LogP contribution is 2.38. The highest BCUT2D eigenvalue weighted by atomic mass is 35.5. The number of nitrogens with zero attached hydrogens (tertiary/aromatic N) is 2. The zero-order valence-corrected chi connectivity index (χ0v) is 31.0. The number of sulfonamides is 1. The van der Waals surface area contributed by atoms with Crippen LogP contribution >= 0.6 is 11.6 Å². The van der Waals surface area contributed by atoms with Crippen molar-refractivity contribution in [2.24, 2.45) is 0 Å². The van der Waals surface area contributed by atoms with Crippen molar-refractivity contribution in [3.8, 4) is 23.0 Å². The van der Waals surface area contributed by atoms with Crippen molar-refractivity contribution in [3.05, 3.63) is 107 Å². The molecule has 0 aromatic heterocycles. The van der Waals surface area contributed by atoms with E-state index in [0.717, 1.165) is 22.7 Å². The Balaban J connectivity index is 1.88. The number of nitrogens with one attached hydrogen (secondary N) is 1. The standard InChI is InChI=1S/C38H44ClN3O8S/c1-6-7-21-40-38(44)33(22-27-11-9-8-10-12-27)41(25-28-13-15-29(39)16-14-28)37(43)26-42(32-23-30(47-2)17-19-34(32)48-3)51(45,46)31-18-20-35(49-4)36(24-31)50-5/h8-20,23-24,33H,6-7,21-22,25-26H2,1-5H3,(H,40,44)/t33-/m0/s1. The maximum atomic E-state index is 14.8. The molecule has 0 bridgehead atoms. The van der Waals surface area contributed by atoms with Gasteiger partial charge in [-0.3, -0.25) is 13.9 Å². The molecule has 0 saturated heterocycles. The van der Waals surface area contributed by atoms with Crippen molar-refractivity contribution in [1.82, 2.24) is 10.2 Å². The lowest BCUT2D eigenvalue weighted by Gasteiger charge is -2.34. The molecule has 0 unspecified atom stereocenters. The van der Waals surface area contributed by atoms with E-state index in [1.807, 2.05) is 37.3 Å². The minimum atomic E-state index is -4.50. The second-order valence-electron chi connectivity index (χ2n) is 11.6. The molecule has 0 radical (unpaired) electrons. The Hall–Kier alpha value is -4.94. The molecule has 0 saturated carbocycles. The molecule has 1 atom stereocenters. The van der Waals surface area contributed by atoms with Crippen molar-refractivity contribution in [2.45, 2.75) is 43.7 Å². The first-order valence-corrected chi connectivity index (χ1v) is 18.2. The second kappa shape index (κ2) is 18.3. The topological polar surface area (TPSA) is 124 Å². The third kappa shape index (κ3) is 9.86. The molecule has 0 spiro atoms. The molecule has 51 heavy (non-hydrogen) atoms. The van der Waals surface area contributed by atoms with Crippen LogP contribution in [0.5, 0.6) is 23.0 Å². The van der Waals surface area contributed by atoms with Crippen LogP contribution in [-0.2, 0) is 32.6 Å². The molecule has 0 aliphatic rings. The molecule has 0 fully saturated rings. The largest absolute Gasteiger partial charge is 0.497 e. The third-order valence-corrected chi connectivity index (χ3v) is 10.3. The van der Waals surface area contributed by atoms with Crippen LogP contribution in [0.3, 0.4) is 0 Å². The number of carbonyl (C=O) groups excluding carboxylic acids is 2. The molecule has 11 nitrogen and oxygen atoms in total. The Kier molecular flexibility index (Phi) is 14.0. The van der Waals surface area contributed by atoms with Gasteiger partial charge >= 0.3 is 0 Å². The summed E-state index contributed by atoms with van der Waals surface area (Å²) in [6.45, 7) is 1.74. The van der Waals surface area contributed by atoms with Crippen LogP contribution in [0, 0.1) is 0 Å². The summed E-state index contributed by atoms with van der Waals surface area (Å²) in [5.41, 5.74) is 1.57. The number of anilines is 1. The molecule has 4 rings (SSSR count). The first-order valence-electron chi connectivity index (χ1n) is 16.4. The summed E-state index contributed by atoms with van der Waals surface area (Å²) in [4.78, 5) is 30.0. The van der Waals surface area contributed by atoms with E-state index in [2.05, 4.69) is 5.32 Å². The van der Waals surface area contributed by atoms with E-state index in [4.69, 9.17) is 30.5 Å². The summed E-state index contributed by atoms with van der Waals surface area (Å²) >= 11 is 6.18. The van der Waals surface area contributed by atoms with Gasteiger partial charge in [0, 0.05) is 36.7 Å². The number of carbonyl (C=O) groups is 2. The van der Waals surface area contributed by atoms with Crippen LogP contribution in [0.4, 0.5) is 5.69 Å². The van der Waals surface area contributed by atoms with E-state index >= 15 is 0 Å². The normalized spacial score (nSPS) is 11.6. The van der Waals surface area contributed by atoms with Gasteiger partial charge < -0.3 is 29.2 Å². The number of amides is 2. The number of unbranched alkanes of at least 4 members (excludes halogenated alkanes) is 1. The fourth-order valence-electron chi connectivity index (χ4n) is 5.46. The SMILES string of the molecule is CCCCNC(=O)[C@H](Cc1ccccc1)N(Cc1ccc(Cl)cc1)C(=O)CN(c1cc(OC)ccc1OC)S(=O)(=O)c1ccc(OC)c(OC)c1. The van der Waals surface area contributed by atoms with E-state index < -0.39 is 28.5 Å². The highest BCUT2D eigenvalue weighted by molar-refractivity contribution is 7.92. The molecule has 0 aliphatic carbocycles. The van der Waals surface area contributed by atoms with Gasteiger partial charge in [-0.25, -0.2) is 8.42 Å². The van der Waals surface area contributed by atoms with E-state index in [0.29, 0.717) is 28.6 Å². The number of halogens is 1. The van der Waals surface area contributed by atoms with Crippen molar-refractivity contribution in [3.63, 3.8) is 0 Å². The molecular weight excluding hydrogens is 694 g/mol. The van der Waals surface area contributed by atoms with E-state index in [1.54, 1.807) is 36.4 Å². The lowest BCUT2D eigenvalue weighted by Crippen LogP contribution is -2.53. The van der Waals surface area contributed by atoms with Crippen LogP contribution in [0.1, 0.15) is 30.9 Å². The van der Waals surface area contributed by atoms with Gasteiger partial charge in [-0.1, -0.05) is 67.4 Å². The van der Waals surface area contributed by atoms with Gasteiger partial charge in [0.2, 0.25) is 11.8 Å². The van der Waals surface area contributed by atoms with E-state index in [1.165, 1.54) is 57.6 Å². The first-order chi connectivity index (χ1) is 24.6. The Morgan fingerprint density at radius 3 is 2.08 bits per heavy atom. The van der Waals surface area contributed by atoms with Gasteiger partial charge in [0.05, 0.1) is 39.0 Å². The average Bonchev–Trinajstić information content (AvgIpc) is 3.15. The van der Waals surface area contributed by atoms with Crippen LogP contribution in [0.25, 0.3) is 0 Å². The summed E-state index contributed by atoms with van der Waals surface area (Å²) in [7, 11) is 1.18. The Labute approximate surface area is 305 Å². The third-order valence-electron chi connectivity index (χ3n) is 8.24. The van der Waals surface area contributed by atoms with E-state index in [9.17, 15) is 18.0 Å². The molecule has 1 N–H and O–H groups in total. The maximum absolute atomic E-state index is 14.8. The molecule has 4 aromatic rings. The average molecular weight is 738 g/mol. The quantitative estimate of drug-likeness (QED) is 0.121. The summed E-state index contributed by atoms with van der Waals surface area (Å²) in [6.07, 6.45) is 1.80. The Morgan fingerprint density at radius 1 is 0.784 bits per heavy atom. The number of benzene rings is 4. The number of hydrogen-bond donors (Lipinski definition) is 1. The van der Waals surface area contributed by atoms with Gasteiger partial charge in [0.15, 0.2) is 11.5 Å². The fraction of sp³-hybridized carbons (Fsp3) is 0.316. The lowest BCUT2D eigenvalue weighted by atomic mass is 10.0. The second-order valence-corrected chi connectivity index (χ2v) is 13.9. The van der Waals surface area contributed by atoms with E-state index in [-0.39, 0.29) is 41.0 Å². The highest BCUT2D eigenvalue weighted by Gasteiger charge is 2.36. The molecule has 0 heterocycles. The summed E-state index contributed by atoms with van der Waals surface area (Å²) in [6, 6.07) is 24.1. The number of methoxy groups -OCH3 is 4. The van der Waals surface area contributed by atoms with Crippen LogP contribution in [0.15, 0.2) is 95.9 Å². The monoisotopic (exact) mass is 737 g/mol. The minimum absolute atomic E-state index is 0.00576. The van der Waals surface area contributed by atoms with Crippen LogP contribution in [-0.4, -0.2) is 72.7 Å². The Bertz CT molecular complexity index is 1870. The maximum Gasteiger partial charge on any atom is 0.265 e. The minimum Gasteiger partial charge on any atom is -0.497 e. The van der Waals surface area contributed by atoms with Gasteiger partial charge in [-0.15, -0.1) is 0 Å². The Morgan fingerprint density at radius 2 is 1.45 bits per heavy atom. The van der Waals surface area contributed by atoms with Gasteiger partial charge in [0.25, 0.3) is 10.0 Å². The van der Waals surface area contributed by atoms with Gasteiger partial charge in [0.1, 0.15) is 24.1 Å². The summed E-state index contributed by atoms with van der Waals surface area (Å²) in [5, 5.41) is 3.49. The van der Waals surface area contributed by atoms with Crippen LogP contribution < -0.4 is 28.6 Å². The van der Waals surface area contributed by atoms with Gasteiger partial charge in [-0.05, 0) is 53.9 Å². The zero-order chi connectivity index (χ0) is 37.0. The molecule has 0 aliphatic heterocycles. The summed E-state index contributed by atoms with van der Waals surface area (Å²) < 4.78 is 52.1. The smallest absolute Gasteiger partial charge is 0.265 e. The lowest BCUT2D eigenvalue weighted by molar-refractivity contribution is -0.140. The van der Waals surface area contributed by atoms with Crippen LogP contribution in [0.2, 0.25) is 5.02 Å². The van der Waals surface area contributed by atoms with Crippen molar-refractivity contribution >= 4 is 39.1 Å². The number of ether oxygens (including phenoxy) is 4. The van der Waals surface area contributed by atoms with Crippen molar-refractivity contribution < 1.29 is 37.0 Å². The van der Waals surface area contributed by atoms with Gasteiger partial charge in [-0.2, -0.15) is 0 Å². The van der Waals surface area contributed by atoms with Crippen molar-refractivity contribution in [2.75, 3.05) is 45.8 Å². The molecule has 2 amide bonds. The predicted octanol–water partition coefficient (Wildman–Crippen LogP) is 6.13. The number of rotatable bonds is 18.